The number of methoxy groups -OCH3 is 2. The molecule has 0 aliphatic carbocycles. The molecule has 0 spiro atoms. The van der Waals surface area contributed by atoms with E-state index in [0.29, 0.717) is 27.8 Å². The Morgan fingerprint density at radius 3 is 1.92 bits per heavy atom. The smallest absolute Gasteiger partial charge is 0.161 e. The largest absolute Gasteiger partial charge is 0.508 e. The van der Waals surface area contributed by atoms with Crippen LogP contribution in [-0.4, -0.2) is 44.9 Å². The van der Waals surface area contributed by atoms with Gasteiger partial charge in [0.1, 0.15) is 23.0 Å². The van der Waals surface area contributed by atoms with Crippen molar-refractivity contribution >= 4 is 12.2 Å². The van der Waals surface area contributed by atoms with Crippen molar-refractivity contribution in [3.8, 4) is 46.0 Å². The summed E-state index contributed by atoms with van der Waals surface area (Å²) in [6.45, 7) is 0. The van der Waals surface area contributed by atoms with Crippen molar-refractivity contribution in [3.05, 3.63) is 94.5 Å². The second-order valence-corrected chi connectivity index (χ2v) is 8.78. The molecule has 1 unspecified atom stereocenters. The third-order valence-corrected chi connectivity index (χ3v) is 6.21. The molecule has 0 aliphatic heterocycles. The monoisotopic (exact) mass is 516 g/mol. The maximum atomic E-state index is 11.2. The van der Waals surface area contributed by atoms with Crippen molar-refractivity contribution in [2.45, 2.75) is 12.3 Å². The van der Waals surface area contributed by atoms with Crippen LogP contribution in [0, 0.1) is 0 Å². The molecule has 4 aromatic carbocycles. The molecule has 0 bridgehead atoms. The first-order valence-electron chi connectivity index (χ1n) is 11.7. The lowest BCUT2D eigenvalue weighted by Crippen LogP contribution is -2.07. The molecule has 4 rings (SSSR count). The Morgan fingerprint density at radius 2 is 1.29 bits per heavy atom. The van der Waals surface area contributed by atoms with Crippen LogP contribution in [0.2, 0.25) is 0 Å². The van der Waals surface area contributed by atoms with Crippen molar-refractivity contribution in [2.24, 2.45) is 0 Å². The van der Waals surface area contributed by atoms with Gasteiger partial charge in [0.2, 0.25) is 0 Å². The predicted molar refractivity (Wildman–Crippen MR) is 143 cm³/mol. The Labute approximate surface area is 219 Å². The molecule has 4 aromatic rings. The third kappa shape index (κ3) is 5.70. The van der Waals surface area contributed by atoms with Crippen LogP contribution in [0.15, 0.2) is 66.7 Å². The van der Waals surface area contributed by atoms with Crippen molar-refractivity contribution in [3.63, 3.8) is 0 Å². The first-order valence-corrected chi connectivity index (χ1v) is 11.7. The lowest BCUT2D eigenvalue weighted by molar-refractivity contribution is 0.368. The number of phenolic OH excluding ortho intramolecular Hbond substituents is 6. The average Bonchev–Trinajstić information content (AvgIpc) is 2.88. The van der Waals surface area contributed by atoms with E-state index in [-0.39, 0.29) is 52.4 Å². The molecule has 0 saturated heterocycles. The molecule has 0 amide bonds. The Morgan fingerprint density at radius 1 is 0.632 bits per heavy atom. The highest BCUT2D eigenvalue weighted by Gasteiger charge is 2.24. The fourth-order valence-electron chi connectivity index (χ4n) is 4.34. The first-order chi connectivity index (χ1) is 18.2. The molecule has 0 radical (unpaired) electrons. The van der Waals surface area contributed by atoms with Gasteiger partial charge in [-0.1, -0.05) is 24.3 Å². The fraction of sp³-hybridized carbons (Fsp3) is 0.133. The summed E-state index contributed by atoms with van der Waals surface area (Å²) in [6.07, 6.45) is 3.66. The standard InChI is InChI=1S/C30H28O8/c1-37-28-14-19(6-8-26(28)34)24(13-20-5-7-21(31)16-27(20)35)25-11-18(12-29(38-2)30(25)36)4-3-17-9-22(32)15-23(33)10-17/h3-12,14-16,24,31-36H,13H2,1-2H3/b4-3+. The van der Waals surface area contributed by atoms with Crippen LogP contribution < -0.4 is 9.47 Å². The van der Waals surface area contributed by atoms with E-state index in [1.165, 1.54) is 50.6 Å². The molecule has 0 heterocycles. The summed E-state index contributed by atoms with van der Waals surface area (Å²) in [5.74, 6) is -0.569. The van der Waals surface area contributed by atoms with Crippen LogP contribution in [0.3, 0.4) is 0 Å². The van der Waals surface area contributed by atoms with Gasteiger partial charge in [0, 0.05) is 23.6 Å². The van der Waals surface area contributed by atoms with E-state index < -0.39 is 5.92 Å². The van der Waals surface area contributed by atoms with E-state index in [2.05, 4.69) is 0 Å². The van der Waals surface area contributed by atoms with Gasteiger partial charge in [-0.2, -0.15) is 0 Å². The molecule has 8 heteroatoms. The highest BCUT2D eigenvalue weighted by Crippen LogP contribution is 2.43. The van der Waals surface area contributed by atoms with E-state index in [4.69, 9.17) is 9.47 Å². The second-order valence-electron chi connectivity index (χ2n) is 8.78. The summed E-state index contributed by atoms with van der Waals surface area (Å²) < 4.78 is 10.7. The zero-order valence-electron chi connectivity index (χ0n) is 20.8. The predicted octanol–water partition coefficient (Wildman–Crippen LogP) is 5.48. The third-order valence-electron chi connectivity index (χ3n) is 6.21. The number of benzene rings is 4. The van der Waals surface area contributed by atoms with E-state index in [1.54, 1.807) is 42.5 Å². The van der Waals surface area contributed by atoms with Gasteiger partial charge in [0.15, 0.2) is 23.0 Å². The topological polar surface area (TPSA) is 140 Å². The quantitative estimate of drug-likeness (QED) is 0.169. The molecule has 1 atom stereocenters. The van der Waals surface area contributed by atoms with Gasteiger partial charge in [-0.3, -0.25) is 0 Å². The molecule has 0 aliphatic rings. The van der Waals surface area contributed by atoms with Crippen molar-refractivity contribution < 1.29 is 40.1 Å². The molecular formula is C30H28O8. The Bertz CT molecular complexity index is 1470. The summed E-state index contributed by atoms with van der Waals surface area (Å²) in [7, 11) is 2.87. The molecule has 0 fully saturated rings. The van der Waals surface area contributed by atoms with Gasteiger partial charge in [-0.15, -0.1) is 0 Å². The first kappa shape index (κ1) is 26.1. The number of phenols is 6. The molecule has 0 saturated carbocycles. The molecular weight excluding hydrogens is 488 g/mol. The summed E-state index contributed by atoms with van der Waals surface area (Å²) in [6, 6.07) is 16.8. The van der Waals surface area contributed by atoms with Gasteiger partial charge in [-0.05, 0) is 71.1 Å². The van der Waals surface area contributed by atoms with E-state index in [0.717, 1.165) is 0 Å². The fourth-order valence-corrected chi connectivity index (χ4v) is 4.34. The van der Waals surface area contributed by atoms with Crippen LogP contribution in [0.1, 0.15) is 33.7 Å². The Balaban J connectivity index is 1.86. The summed E-state index contributed by atoms with van der Waals surface area (Å²) in [5, 5.41) is 61.1. The van der Waals surface area contributed by atoms with Crippen LogP contribution in [-0.2, 0) is 6.42 Å². The van der Waals surface area contributed by atoms with Crippen LogP contribution in [0.4, 0.5) is 0 Å². The number of ether oxygens (including phenoxy) is 2. The lowest BCUT2D eigenvalue weighted by atomic mass is 9.84. The van der Waals surface area contributed by atoms with Crippen LogP contribution in [0.25, 0.3) is 12.2 Å². The number of hydrogen-bond donors (Lipinski definition) is 6. The number of hydrogen-bond acceptors (Lipinski definition) is 8. The van der Waals surface area contributed by atoms with Gasteiger partial charge in [-0.25, -0.2) is 0 Å². The summed E-state index contributed by atoms with van der Waals surface area (Å²) >= 11 is 0. The highest BCUT2D eigenvalue weighted by atomic mass is 16.5. The minimum atomic E-state index is -0.535. The number of rotatable bonds is 8. The molecule has 6 N–H and O–H groups in total. The summed E-state index contributed by atoms with van der Waals surface area (Å²) in [5.41, 5.74) is 2.90. The SMILES string of the molecule is COc1cc(C(Cc2ccc(O)cc2O)c2cc(/C=C/c3cc(O)cc(O)c3)cc(OC)c2O)ccc1O. The van der Waals surface area contributed by atoms with Crippen LogP contribution in [0.5, 0.6) is 46.0 Å². The van der Waals surface area contributed by atoms with Crippen molar-refractivity contribution in [1.82, 2.24) is 0 Å². The molecule has 8 nitrogen and oxygen atoms in total. The zero-order chi connectivity index (χ0) is 27.4. The average molecular weight is 517 g/mol. The highest BCUT2D eigenvalue weighted by molar-refractivity contribution is 5.73. The van der Waals surface area contributed by atoms with Gasteiger partial charge in [0.05, 0.1) is 14.2 Å². The number of aromatic hydroxyl groups is 6. The van der Waals surface area contributed by atoms with Crippen molar-refractivity contribution in [2.75, 3.05) is 14.2 Å². The van der Waals surface area contributed by atoms with E-state index in [1.807, 2.05) is 0 Å². The maximum absolute atomic E-state index is 11.2. The second kappa shape index (κ2) is 11.0. The van der Waals surface area contributed by atoms with Gasteiger partial charge >= 0.3 is 0 Å². The van der Waals surface area contributed by atoms with Crippen molar-refractivity contribution in [1.29, 1.82) is 0 Å². The molecule has 0 aromatic heterocycles. The zero-order valence-corrected chi connectivity index (χ0v) is 20.8. The minimum absolute atomic E-state index is 0.0460. The Hall–Kier alpha value is -4.98. The van der Waals surface area contributed by atoms with E-state index in [9.17, 15) is 30.6 Å². The molecule has 38 heavy (non-hydrogen) atoms. The van der Waals surface area contributed by atoms with Crippen LogP contribution >= 0.6 is 0 Å². The Kier molecular flexibility index (Phi) is 7.53. The normalized spacial score (nSPS) is 11.9. The summed E-state index contributed by atoms with van der Waals surface area (Å²) in [4.78, 5) is 0. The van der Waals surface area contributed by atoms with Gasteiger partial charge in [0.25, 0.3) is 0 Å². The maximum Gasteiger partial charge on any atom is 0.161 e. The lowest BCUT2D eigenvalue weighted by Gasteiger charge is -2.22. The minimum Gasteiger partial charge on any atom is -0.508 e. The van der Waals surface area contributed by atoms with Gasteiger partial charge < -0.3 is 40.1 Å². The molecule has 196 valence electrons. The van der Waals surface area contributed by atoms with E-state index >= 15 is 0 Å².